The molecule has 2 N–H and O–H groups in total. The van der Waals surface area contributed by atoms with Crippen molar-refractivity contribution in [3.63, 3.8) is 0 Å². The van der Waals surface area contributed by atoms with Crippen LogP contribution in [0.25, 0.3) is 22.4 Å². The summed E-state index contributed by atoms with van der Waals surface area (Å²) in [5.74, 6) is 1.41. The van der Waals surface area contributed by atoms with Gasteiger partial charge in [-0.05, 0) is 32.0 Å². The van der Waals surface area contributed by atoms with Crippen LogP contribution in [-0.4, -0.2) is 19.5 Å². The monoisotopic (exact) mass is 253 g/mol. The van der Waals surface area contributed by atoms with Gasteiger partial charge in [0.05, 0.1) is 11.7 Å². The van der Waals surface area contributed by atoms with Crippen LogP contribution in [-0.2, 0) is 0 Å². The van der Waals surface area contributed by atoms with Gasteiger partial charge in [-0.1, -0.05) is 0 Å². The highest BCUT2D eigenvalue weighted by atomic mass is 15.1. The number of fused-ring (bicyclic) bond motifs is 1. The fourth-order valence-electron chi connectivity index (χ4n) is 2.21. The van der Waals surface area contributed by atoms with E-state index in [4.69, 9.17) is 5.73 Å². The molecule has 0 unspecified atom stereocenters. The summed E-state index contributed by atoms with van der Waals surface area (Å²) in [6.07, 6.45) is 5.32. The summed E-state index contributed by atoms with van der Waals surface area (Å²) in [4.78, 5) is 12.9. The summed E-state index contributed by atoms with van der Waals surface area (Å²) >= 11 is 0. The molecule has 0 aromatic carbocycles. The zero-order valence-corrected chi connectivity index (χ0v) is 10.9. The van der Waals surface area contributed by atoms with Gasteiger partial charge in [0.2, 0.25) is 0 Å². The Morgan fingerprint density at radius 1 is 1.16 bits per heavy atom. The highest BCUT2D eigenvalue weighted by Crippen LogP contribution is 2.27. The molecule has 3 aromatic rings. The van der Waals surface area contributed by atoms with E-state index >= 15 is 0 Å². The molecule has 0 radical (unpaired) electrons. The smallest absolute Gasteiger partial charge is 0.143 e. The zero-order chi connectivity index (χ0) is 13.4. The second-order valence-corrected chi connectivity index (χ2v) is 4.74. The van der Waals surface area contributed by atoms with Crippen LogP contribution in [0.5, 0.6) is 0 Å². The van der Waals surface area contributed by atoms with E-state index in [2.05, 4.69) is 33.4 Å². The van der Waals surface area contributed by atoms with Gasteiger partial charge in [-0.25, -0.2) is 9.97 Å². The predicted octanol–water partition coefficient (Wildman–Crippen LogP) is 2.66. The van der Waals surface area contributed by atoms with Gasteiger partial charge < -0.3 is 10.3 Å². The maximum absolute atomic E-state index is 5.63. The third-order valence-corrected chi connectivity index (χ3v) is 3.05. The number of hydrogen-bond donors (Lipinski definition) is 1. The van der Waals surface area contributed by atoms with Gasteiger partial charge in [-0.15, -0.1) is 0 Å². The van der Waals surface area contributed by atoms with E-state index in [1.807, 2.05) is 12.1 Å². The van der Waals surface area contributed by atoms with E-state index in [-0.39, 0.29) is 0 Å². The SMILES string of the molecule is CC(C)n1c(-c2ccc(N)nc2)nc2cnccc21. The summed E-state index contributed by atoms with van der Waals surface area (Å²) in [5, 5.41) is 0. The van der Waals surface area contributed by atoms with E-state index in [9.17, 15) is 0 Å². The minimum absolute atomic E-state index is 0.306. The Morgan fingerprint density at radius 2 is 2.00 bits per heavy atom. The average molecular weight is 253 g/mol. The Balaban J connectivity index is 2.28. The van der Waals surface area contributed by atoms with Crippen LogP contribution in [0.4, 0.5) is 5.82 Å². The quantitative estimate of drug-likeness (QED) is 0.762. The van der Waals surface area contributed by atoms with Crippen molar-refractivity contribution in [2.24, 2.45) is 0 Å². The molecule has 3 rings (SSSR count). The van der Waals surface area contributed by atoms with Crippen LogP contribution in [0.1, 0.15) is 19.9 Å². The Kier molecular flexibility index (Phi) is 2.67. The number of nitrogen functional groups attached to an aromatic ring is 1. The van der Waals surface area contributed by atoms with Crippen molar-refractivity contribution in [2.75, 3.05) is 5.73 Å². The van der Waals surface area contributed by atoms with Gasteiger partial charge in [-0.2, -0.15) is 0 Å². The van der Waals surface area contributed by atoms with E-state index in [1.54, 1.807) is 24.7 Å². The number of imidazole rings is 1. The molecular weight excluding hydrogens is 238 g/mol. The average Bonchev–Trinajstić information content (AvgIpc) is 2.78. The summed E-state index contributed by atoms with van der Waals surface area (Å²) in [6.45, 7) is 4.27. The Labute approximate surface area is 111 Å². The van der Waals surface area contributed by atoms with Crippen LogP contribution < -0.4 is 5.73 Å². The van der Waals surface area contributed by atoms with Crippen LogP contribution in [0, 0.1) is 0 Å². The lowest BCUT2D eigenvalue weighted by Crippen LogP contribution is -2.03. The van der Waals surface area contributed by atoms with Crippen LogP contribution >= 0.6 is 0 Å². The van der Waals surface area contributed by atoms with Crippen molar-refractivity contribution in [1.29, 1.82) is 0 Å². The molecule has 3 aromatic heterocycles. The first-order chi connectivity index (χ1) is 9.16. The molecule has 5 nitrogen and oxygen atoms in total. The molecule has 0 saturated carbocycles. The van der Waals surface area contributed by atoms with Crippen molar-refractivity contribution in [3.8, 4) is 11.4 Å². The molecule has 0 saturated heterocycles. The minimum Gasteiger partial charge on any atom is -0.384 e. The number of rotatable bonds is 2. The van der Waals surface area contributed by atoms with Crippen molar-refractivity contribution in [1.82, 2.24) is 19.5 Å². The standard InChI is InChI=1S/C14H15N5/c1-9(2)19-12-5-6-16-8-11(12)18-14(19)10-3-4-13(15)17-7-10/h3-9H,1-2H3,(H2,15,17). The Hall–Kier alpha value is -2.43. The van der Waals surface area contributed by atoms with E-state index < -0.39 is 0 Å². The Morgan fingerprint density at radius 3 is 2.68 bits per heavy atom. The van der Waals surface area contributed by atoms with Crippen LogP contribution in [0.2, 0.25) is 0 Å². The number of hydrogen-bond acceptors (Lipinski definition) is 4. The molecule has 0 aliphatic heterocycles. The summed E-state index contributed by atoms with van der Waals surface area (Å²) in [6, 6.07) is 6.02. The van der Waals surface area contributed by atoms with Gasteiger partial charge >= 0.3 is 0 Å². The van der Waals surface area contributed by atoms with Gasteiger partial charge in [0.25, 0.3) is 0 Å². The van der Waals surface area contributed by atoms with Crippen molar-refractivity contribution in [3.05, 3.63) is 36.8 Å². The molecule has 0 fully saturated rings. The number of aromatic nitrogens is 4. The lowest BCUT2D eigenvalue weighted by atomic mass is 10.2. The van der Waals surface area contributed by atoms with Gasteiger partial charge in [0, 0.05) is 24.0 Å². The first-order valence-corrected chi connectivity index (χ1v) is 6.20. The molecule has 0 aliphatic rings. The zero-order valence-electron chi connectivity index (χ0n) is 10.9. The maximum Gasteiger partial charge on any atom is 0.143 e. The number of anilines is 1. The molecule has 96 valence electrons. The van der Waals surface area contributed by atoms with Crippen molar-refractivity contribution < 1.29 is 0 Å². The van der Waals surface area contributed by atoms with Crippen LogP contribution in [0.15, 0.2) is 36.8 Å². The first kappa shape index (κ1) is 11.6. The predicted molar refractivity (Wildman–Crippen MR) is 75.6 cm³/mol. The van der Waals surface area contributed by atoms with Crippen molar-refractivity contribution >= 4 is 16.9 Å². The second kappa shape index (κ2) is 4.35. The number of nitrogens with two attached hydrogens (primary N) is 1. The number of pyridine rings is 2. The molecule has 0 aliphatic carbocycles. The fourth-order valence-corrected chi connectivity index (χ4v) is 2.21. The third-order valence-electron chi connectivity index (χ3n) is 3.05. The molecule has 19 heavy (non-hydrogen) atoms. The molecule has 5 heteroatoms. The molecule has 0 spiro atoms. The molecule has 0 bridgehead atoms. The van der Waals surface area contributed by atoms with E-state index in [1.165, 1.54) is 0 Å². The molecule has 3 heterocycles. The normalized spacial score (nSPS) is 11.3. The molecular formula is C14H15N5. The first-order valence-electron chi connectivity index (χ1n) is 6.20. The van der Waals surface area contributed by atoms with Crippen molar-refractivity contribution in [2.45, 2.75) is 19.9 Å². The topological polar surface area (TPSA) is 69.6 Å². The van der Waals surface area contributed by atoms with Gasteiger partial charge in [0.1, 0.15) is 17.2 Å². The maximum atomic E-state index is 5.63. The lowest BCUT2D eigenvalue weighted by molar-refractivity contribution is 0.624. The Bertz CT molecular complexity index is 712. The second-order valence-electron chi connectivity index (χ2n) is 4.74. The minimum atomic E-state index is 0.306. The summed E-state index contributed by atoms with van der Waals surface area (Å²) in [7, 11) is 0. The summed E-state index contributed by atoms with van der Waals surface area (Å²) in [5.41, 5.74) is 8.56. The highest BCUT2D eigenvalue weighted by molar-refractivity contribution is 5.79. The van der Waals surface area contributed by atoms with E-state index in [0.717, 1.165) is 22.4 Å². The largest absolute Gasteiger partial charge is 0.384 e. The third kappa shape index (κ3) is 1.93. The van der Waals surface area contributed by atoms with Crippen LogP contribution in [0.3, 0.4) is 0 Å². The summed E-state index contributed by atoms with van der Waals surface area (Å²) < 4.78 is 2.18. The van der Waals surface area contributed by atoms with Gasteiger partial charge in [0.15, 0.2) is 0 Å². The van der Waals surface area contributed by atoms with E-state index in [0.29, 0.717) is 11.9 Å². The van der Waals surface area contributed by atoms with Gasteiger partial charge in [-0.3, -0.25) is 4.98 Å². The lowest BCUT2D eigenvalue weighted by Gasteiger charge is -2.12. The molecule has 0 amide bonds. The molecule has 0 atom stereocenters. The highest BCUT2D eigenvalue weighted by Gasteiger charge is 2.14. The fraction of sp³-hybridized carbons (Fsp3) is 0.214. The number of nitrogens with zero attached hydrogens (tertiary/aromatic N) is 4.